The third-order valence-electron chi connectivity index (χ3n) is 3.40. The van der Waals surface area contributed by atoms with Crippen molar-refractivity contribution in [2.75, 3.05) is 27.2 Å². The van der Waals surface area contributed by atoms with Gasteiger partial charge in [0.1, 0.15) is 5.15 Å². The molecular formula is C13H20ClN3O. The van der Waals surface area contributed by atoms with E-state index in [4.69, 9.17) is 16.3 Å². The number of pyridine rings is 1. The van der Waals surface area contributed by atoms with Gasteiger partial charge in [0.25, 0.3) is 0 Å². The van der Waals surface area contributed by atoms with Gasteiger partial charge in [-0.15, -0.1) is 0 Å². The molecule has 100 valence electrons. The van der Waals surface area contributed by atoms with E-state index in [-0.39, 0.29) is 0 Å². The maximum atomic E-state index is 5.84. The molecule has 1 aromatic rings. The summed E-state index contributed by atoms with van der Waals surface area (Å²) in [6.45, 7) is 3.10. The van der Waals surface area contributed by atoms with Crippen molar-refractivity contribution < 1.29 is 4.74 Å². The lowest BCUT2D eigenvalue weighted by molar-refractivity contribution is 0.233. The van der Waals surface area contributed by atoms with E-state index >= 15 is 0 Å². The lowest BCUT2D eigenvalue weighted by Crippen LogP contribution is -2.40. The highest BCUT2D eigenvalue weighted by molar-refractivity contribution is 6.29. The van der Waals surface area contributed by atoms with Gasteiger partial charge in [-0.25, -0.2) is 4.98 Å². The van der Waals surface area contributed by atoms with Crippen LogP contribution in [0.25, 0.3) is 0 Å². The van der Waals surface area contributed by atoms with E-state index in [2.05, 4.69) is 22.2 Å². The predicted molar refractivity (Wildman–Crippen MR) is 73.2 cm³/mol. The summed E-state index contributed by atoms with van der Waals surface area (Å²) in [5.41, 5.74) is 1.06. The fourth-order valence-electron chi connectivity index (χ4n) is 2.23. The molecule has 1 saturated heterocycles. The first kappa shape index (κ1) is 13.6. The molecule has 4 nitrogen and oxygen atoms in total. The van der Waals surface area contributed by atoms with Crippen LogP contribution < -0.4 is 10.1 Å². The van der Waals surface area contributed by atoms with E-state index in [1.54, 1.807) is 13.2 Å². The summed E-state index contributed by atoms with van der Waals surface area (Å²) in [5, 5.41) is 4.03. The third kappa shape index (κ3) is 3.57. The Morgan fingerprint density at radius 3 is 2.83 bits per heavy atom. The van der Waals surface area contributed by atoms with Crippen LogP contribution in [0.1, 0.15) is 18.4 Å². The SMILES string of the molecule is COc1nc(Cl)ccc1CNC1CCN(C)CC1. The molecule has 1 aliphatic rings. The molecule has 0 atom stereocenters. The summed E-state index contributed by atoms with van der Waals surface area (Å²) in [4.78, 5) is 6.53. The quantitative estimate of drug-likeness (QED) is 0.848. The fraction of sp³-hybridized carbons (Fsp3) is 0.615. The number of ether oxygens (including phenoxy) is 1. The first-order chi connectivity index (χ1) is 8.69. The highest BCUT2D eigenvalue weighted by atomic mass is 35.5. The zero-order valence-electron chi connectivity index (χ0n) is 10.9. The van der Waals surface area contributed by atoms with Gasteiger partial charge >= 0.3 is 0 Å². The van der Waals surface area contributed by atoms with Crippen LogP contribution >= 0.6 is 11.6 Å². The number of nitrogens with one attached hydrogen (secondary N) is 1. The first-order valence-corrected chi connectivity index (χ1v) is 6.68. The van der Waals surface area contributed by atoms with E-state index in [1.807, 2.05) is 6.07 Å². The van der Waals surface area contributed by atoms with Crippen LogP contribution in [0.4, 0.5) is 0 Å². The minimum Gasteiger partial charge on any atom is -0.481 e. The number of piperidine rings is 1. The molecule has 1 aliphatic heterocycles. The largest absolute Gasteiger partial charge is 0.481 e. The molecule has 2 heterocycles. The molecule has 0 spiro atoms. The number of rotatable bonds is 4. The lowest BCUT2D eigenvalue weighted by Gasteiger charge is -2.29. The smallest absolute Gasteiger partial charge is 0.219 e. The van der Waals surface area contributed by atoms with Crippen LogP contribution in [0.3, 0.4) is 0 Å². The molecule has 1 N–H and O–H groups in total. The zero-order chi connectivity index (χ0) is 13.0. The molecule has 0 radical (unpaired) electrons. The molecule has 0 bridgehead atoms. The third-order valence-corrected chi connectivity index (χ3v) is 3.61. The number of aromatic nitrogens is 1. The summed E-state index contributed by atoms with van der Waals surface area (Å²) >= 11 is 5.84. The van der Waals surface area contributed by atoms with Crippen molar-refractivity contribution in [3.05, 3.63) is 22.8 Å². The Morgan fingerprint density at radius 1 is 1.44 bits per heavy atom. The predicted octanol–water partition coefficient (Wildman–Crippen LogP) is 1.93. The Balaban J connectivity index is 1.90. The molecule has 1 fully saturated rings. The number of hydrogen-bond donors (Lipinski definition) is 1. The van der Waals surface area contributed by atoms with Gasteiger partial charge in [-0.2, -0.15) is 0 Å². The molecule has 0 aliphatic carbocycles. The Labute approximate surface area is 113 Å². The Morgan fingerprint density at radius 2 is 2.17 bits per heavy atom. The zero-order valence-corrected chi connectivity index (χ0v) is 11.7. The van der Waals surface area contributed by atoms with Crippen molar-refractivity contribution >= 4 is 11.6 Å². The molecule has 0 aromatic carbocycles. The fourth-order valence-corrected chi connectivity index (χ4v) is 2.36. The van der Waals surface area contributed by atoms with Crippen LogP contribution in [0.5, 0.6) is 5.88 Å². The van der Waals surface area contributed by atoms with Crippen molar-refractivity contribution in [1.29, 1.82) is 0 Å². The summed E-state index contributed by atoms with van der Waals surface area (Å²) in [6.07, 6.45) is 2.39. The highest BCUT2D eigenvalue weighted by Crippen LogP contribution is 2.19. The van der Waals surface area contributed by atoms with Gasteiger partial charge in [-0.3, -0.25) is 0 Å². The van der Waals surface area contributed by atoms with Crippen LogP contribution in [-0.4, -0.2) is 43.2 Å². The van der Waals surface area contributed by atoms with Gasteiger partial charge in [-0.05, 0) is 45.1 Å². The van der Waals surface area contributed by atoms with Crippen molar-refractivity contribution in [2.24, 2.45) is 0 Å². The number of likely N-dealkylation sites (tertiary alicyclic amines) is 1. The van der Waals surface area contributed by atoms with Gasteiger partial charge in [0, 0.05) is 18.2 Å². The van der Waals surface area contributed by atoms with Crippen LogP contribution in [0.2, 0.25) is 5.15 Å². The summed E-state index contributed by atoms with van der Waals surface area (Å²) in [6, 6.07) is 4.35. The van der Waals surface area contributed by atoms with Crippen molar-refractivity contribution in [1.82, 2.24) is 15.2 Å². The maximum absolute atomic E-state index is 5.84. The van der Waals surface area contributed by atoms with Gasteiger partial charge in [-0.1, -0.05) is 11.6 Å². The number of halogens is 1. The monoisotopic (exact) mass is 269 g/mol. The maximum Gasteiger partial charge on any atom is 0.219 e. The number of nitrogens with zero attached hydrogens (tertiary/aromatic N) is 2. The van der Waals surface area contributed by atoms with E-state index < -0.39 is 0 Å². The highest BCUT2D eigenvalue weighted by Gasteiger charge is 2.16. The van der Waals surface area contributed by atoms with Gasteiger partial charge in [0.15, 0.2) is 0 Å². The minimum atomic E-state index is 0.467. The summed E-state index contributed by atoms with van der Waals surface area (Å²) < 4.78 is 5.24. The van der Waals surface area contributed by atoms with E-state index in [1.165, 1.54) is 12.8 Å². The summed E-state index contributed by atoms with van der Waals surface area (Å²) in [5.74, 6) is 0.614. The Hall–Kier alpha value is -0.840. The normalized spacial score (nSPS) is 17.9. The lowest BCUT2D eigenvalue weighted by atomic mass is 10.1. The van der Waals surface area contributed by atoms with Crippen LogP contribution in [0.15, 0.2) is 12.1 Å². The molecule has 18 heavy (non-hydrogen) atoms. The number of hydrogen-bond acceptors (Lipinski definition) is 4. The average Bonchev–Trinajstić information content (AvgIpc) is 2.39. The van der Waals surface area contributed by atoms with Gasteiger partial charge in [0.05, 0.1) is 7.11 Å². The second-order valence-electron chi connectivity index (χ2n) is 4.76. The second-order valence-corrected chi connectivity index (χ2v) is 5.15. The molecule has 1 aromatic heterocycles. The van der Waals surface area contributed by atoms with E-state index in [9.17, 15) is 0 Å². The molecule has 0 unspecified atom stereocenters. The molecule has 2 rings (SSSR count). The van der Waals surface area contributed by atoms with E-state index in [0.717, 1.165) is 25.2 Å². The average molecular weight is 270 g/mol. The molecule has 5 heteroatoms. The summed E-state index contributed by atoms with van der Waals surface area (Å²) in [7, 11) is 3.79. The van der Waals surface area contributed by atoms with Crippen molar-refractivity contribution in [3.63, 3.8) is 0 Å². The molecular weight excluding hydrogens is 250 g/mol. The number of methoxy groups -OCH3 is 1. The Kier molecular flexibility index (Phi) is 4.80. The molecule has 0 amide bonds. The van der Waals surface area contributed by atoms with Crippen molar-refractivity contribution in [2.45, 2.75) is 25.4 Å². The topological polar surface area (TPSA) is 37.4 Å². The second kappa shape index (κ2) is 6.36. The standard InChI is InChI=1S/C13H20ClN3O/c1-17-7-5-11(6-8-17)15-9-10-3-4-12(14)16-13(10)18-2/h3-4,11,15H,5-9H2,1-2H3. The van der Waals surface area contributed by atoms with Crippen molar-refractivity contribution in [3.8, 4) is 5.88 Å². The van der Waals surface area contributed by atoms with Gasteiger partial charge in [0.2, 0.25) is 5.88 Å². The van der Waals surface area contributed by atoms with Crippen LogP contribution in [0, 0.1) is 0 Å². The van der Waals surface area contributed by atoms with Crippen LogP contribution in [-0.2, 0) is 6.54 Å². The Bertz CT molecular complexity index is 392. The van der Waals surface area contributed by atoms with E-state index in [0.29, 0.717) is 17.1 Å². The minimum absolute atomic E-state index is 0.467. The molecule has 0 saturated carbocycles. The first-order valence-electron chi connectivity index (χ1n) is 6.30. The van der Waals surface area contributed by atoms with Gasteiger partial charge < -0.3 is 15.0 Å².